The van der Waals surface area contributed by atoms with Gasteiger partial charge in [-0.25, -0.2) is 4.39 Å². The molecule has 2 aromatic rings. The summed E-state index contributed by atoms with van der Waals surface area (Å²) in [7, 11) is 0. The van der Waals surface area contributed by atoms with Crippen molar-refractivity contribution < 1.29 is 9.18 Å². The predicted octanol–water partition coefficient (Wildman–Crippen LogP) is 3.33. The number of benzene rings is 1. The summed E-state index contributed by atoms with van der Waals surface area (Å²) in [6, 6.07) is 8.20. The minimum absolute atomic E-state index is 0.0133. The maximum absolute atomic E-state index is 13.5. The second-order valence-corrected chi connectivity index (χ2v) is 4.86. The summed E-state index contributed by atoms with van der Waals surface area (Å²) in [6.45, 7) is 5.67. The number of amides is 1. The van der Waals surface area contributed by atoms with Gasteiger partial charge < -0.3 is 5.32 Å². The second kappa shape index (κ2) is 5.82. The van der Waals surface area contributed by atoms with Crippen molar-refractivity contribution in [1.29, 1.82) is 0 Å². The number of carbonyl (C=O) groups is 1. The fourth-order valence-electron chi connectivity index (χ4n) is 2.21. The number of aromatic nitrogens is 1. The van der Waals surface area contributed by atoms with Crippen LogP contribution in [-0.2, 0) is 11.2 Å². The van der Waals surface area contributed by atoms with Gasteiger partial charge in [-0.1, -0.05) is 18.2 Å². The van der Waals surface area contributed by atoms with Crippen molar-refractivity contribution in [2.24, 2.45) is 0 Å². The maximum atomic E-state index is 13.5. The van der Waals surface area contributed by atoms with Gasteiger partial charge in [0, 0.05) is 5.69 Å². The van der Waals surface area contributed by atoms with E-state index in [0.717, 1.165) is 17.0 Å². The molecular weight excluding hydrogens is 255 g/mol. The smallest absolute Gasteiger partial charge is 0.228 e. The molecule has 0 bridgehead atoms. The molecule has 1 aromatic carbocycles. The fraction of sp³-hybridized carbons (Fsp3) is 0.250. The van der Waals surface area contributed by atoms with Crippen LogP contribution in [0.4, 0.5) is 10.1 Å². The van der Waals surface area contributed by atoms with Crippen molar-refractivity contribution >= 4 is 11.6 Å². The van der Waals surface area contributed by atoms with E-state index >= 15 is 0 Å². The van der Waals surface area contributed by atoms with E-state index in [0.29, 0.717) is 11.3 Å². The van der Waals surface area contributed by atoms with Crippen LogP contribution in [0.5, 0.6) is 0 Å². The van der Waals surface area contributed by atoms with Crippen molar-refractivity contribution in [2.75, 3.05) is 5.32 Å². The summed E-state index contributed by atoms with van der Waals surface area (Å²) in [6.07, 6.45) is 0.0133. The quantitative estimate of drug-likeness (QED) is 0.931. The van der Waals surface area contributed by atoms with Gasteiger partial charge in [0.25, 0.3) is 0 Å². The van der Waals surface area contributed by atoms with E-state index in [9.17, 15) is 9.18 Å². The minimum atomic E-state index is -0.363. The van der Waals surface area contributed by atoms with Crippen LogP contribution in [0.2, 0.25) is 0 Å². The number of pyridine rings is 1. The molecule has 0 saturated heterocycles. The molecule has 0 spiro atoms. The highest BCUT2D eigenvalue weighted by Gasteiger charge is 2.11. The number of aryl methyl sites for hydroxylation is 3. The Balaban J connectivity index is 2.15. The van der Waals surface area contributed by atoms with Gasteiger partial charge in [-0.3, -0.25) is 9.78 Å². The number of hydrogen-bond donors (Lipinski definition) is 1. The van der Waals surface area contributed by atoms with E-state index in [1.54, 1.807) is 18.2 Å². The molecule has 1 N–H and O–H groups in total. The van der Waals surface area contributed by atoms with E-state index in [1.165, 1.54) is 6.07 Å². The highest BCUT2D eigenvalue weighted by Crippen LogP contribution is 2.19. The van der Waals surface area contributed by atoms with E-state index in [-0.39, 0.29) is 18.1 Å². The molecule has 0 radical (unpaired) electrons. The highest BCUT2D eigenvalue weighted by molar-refractivity contribution is 5.93. The molecule has 0 fully saturated rings. The molecule has 1 heterocycles. The van der Waals surface area contributed by atoms with E-state index in [2.05, 4.69) is 10.3 Å². The molecule has 1 amide bonds. The molecule has 4 heteroatoms. The van der Waals surface area contributed by atoms with Gasteiger partial charge in [0.15, 0.2) is 0 Å². The zero-order chi connectivity index (χ0) is 14.7. The summed E-state index contributed by atoms with van der Waals surface area (Å²) in [4.78, 5) is 16.3. The van der Waals surface area contributed by atoms with Crippen molar-refractivity contribution in [2.45, 2.75) is 27.2 Å². The first-order valence-corrected chi connectivity index (χ1v) is 6.45. The Bertz CT molecular complexity index is 630. The molecule has 0 aliphatic carbocycles. The van der Waals surface area contributed by atoms with Gasteiger partial charge >= 0.3 is 0 Å². The Labute approximate surface area is 117 Å². The van der Waals surface area contributed by atoms with Crippen LogP contribution < -0.4 is 5.32 Å². The van der Waals surface area contributed by atoms with E-state index in [1.807, 2.05) is 26.8 Å². The summed E-state index contributed by atoms with van der Waals surface area (Å²) in [5, 5.41) is 2.81. The van der Waals surface area contributed by atoms with Gasteiger partial charge in [0.05, 0.1) is 17.8 Å². The number of nitrogens with one attached hydrogen (secondary N) is 1. The van der Waals surface area contributed by atoms with Crippen molar-refractivity contribution in [3.05, 3.63) is 58.7 Å². The van der Waals surface area contributed by atoms with Gasteiger partial charge in [0.1, 0.15) is 5.82 Å². The van der Waals surface area contributed by atoms with Crippen molar-refractivity contribution in [3.63, 3.8) is 0 Å². The molecule has 0 unspecified atom stereocenters. The van der Waals surface area contributed by atoms with E-state index < -0.39 is 0 Å². The summed E-state index contributed by atoms with van der Waals surface area (Å²) in [5.74, 6) is -0.606. The third kappa shape index (κ3) is 3.20. The highest BCUT2D eigenvalue weighted by atomic mass is 19.1. The Morgan fingerprint density at radius 1 is 1.25 bits per heavy atom. The lowest BCUT2D eigenvalue weighted by Gasteiger charge is -2.12. The van der Waals surface area contributed by atoms with Crippen molar-refractivity contribution in [1.82, 2.24) is 4.98 Å². The lowest BCUT2D eigenvalue weighted by atomic mass is 10.1. The van der Waals surface area contributed by atoms with Crippen LogP contribution >= 0.6 is 0 Å². The first-order chi connectivity index (χ1) is 9.47. The van der Waals surface area contributed by atoms with Gasteiger partial charge in [0.2, 0.25) is 5.91 Å². The standard InChI is InChI=1S/C16H17FN2O/c1-10-8-11(2)18-12(3)16(10)19-15(20)9-13-6-4-5-7-14(13)17/h4-8H,9H2,1-3H3,(H,19,20). The van der Waals surface area contributed by atoms with Crippen LogP contribution in [0.15, 0.2) is 30.3 Å². The Hall–Kier alpha value is -2.23. The van der Waals surface area contributed by atoms with Gasteiger partial charge in [-0.05, 0) is 44.0 Å². The average molecular weight is 272 g/mol. The van der Waals surface area contributed by atoms with Crippen LogP contribution in [0.25, 0.3) is 0 Å². The largest absolute Gasteiger partial charge is 0.324 e. The summed E-state index contributed by atoms with van der Waals surface area (Å²) >= 11 is 0. The van der Waals surface area contributed by atoms with E-state index in [4.69, 9.17) is 0 Å². The number of anilines is 1. The number of carbonyl (C=O) groups excluding carboxylic acids is 1. The fourth-order valence-corrected chi connectivity index (χ4v) is 2.21. The third-order valence-corrected chi connectivity index (χ3v) is 3.10. The number of rotatable bonds is 3. The molecule has 0 atom stereocenters. The first-order valence-electron chi connectivity index (χ1n) is 6.45. The van der Waals surface area contributed by atoms with Crippen molar-refractivity contribution in [3.8, 4) is 0 Å². The number of halogens is 1. The lowest BCUT2D eigenvalue weighted by Crippen LogP contribution is -2.17. The molecule has 104 valence electrons. The topological polar surface area (TPSA) is 42.0 Å². The van der Waals surface area contributed by atoms with Gasteiger partial charge in [-0.2, -0.15) is 0 Å². The molecule has 0 aliphatic rings. The molecule has 20 heavy (non-hydrogen) atoms. The Morgan fingerprint density at radius 2 is 1.95 bits per heavy atom. The maximum Gasteiger partial charge on any atom is 0.228 e. The third-order valence-electron chi connectivity index (χ3n) is 3.10. The Kier molecular flexibility index (Phi) is 4.13. The number of nitrogens with zero attached hydrogens (tertiary/aromatic N) is 1. The monoisotopic (exact) mass is 272 g/mol. The zero-order valence-corrected chi connectivity index (χ0v) is 11.8. The second-order valence-electron chi connectivity index (χ2n) is 4.86. The van der Waals surface area contributed by atoms with Crippen LogP contribution in [0.1, 0.15) is 22.5 Å². The minimum Gasteiger partial charge on any atom is -0.324 e. The predicted molar refractivity (Wildman–Crippen MR) is 77.2 cm³/mol. The van der Waals surface area contributed by atoms with Gasteiger partial charge in [-0.15, -0.1) is 0 Å². The van der Waals surface area contributed by atoms with Crippen LogP contribution in [-0.4, -0.2) is 10.9 Å². The summed E-state index contributed by atoms with van der Waals surface area (Å²) < 4.78 is 13.5. The average Bonchev–Trinajstić information content (AvgIpc) is 2.36. The molecule has 1 aromatic heterocycles. The molecule has 2 rings (SSSR count). The molecule has 0 aliphatic heterocycles. The Morgan fingerprint density at radius 3 is 2.60 bits per heavy atom. The van der Waals surface area contributed by atoms with Crippen LogP contribution in [0.3, 0.4) is 0 Å². The zero-order valence-electron chi connectivity index (χ0n) is 11.8. The molecule has 3 nitrogen and oxygen atoms in total. The van der Waals surface area contributed by atoms with Crippen LogP contribution in [0, 0.1) is 26.6 Å². The SMILES string of the molecule is Cc1cc(C)c(NC(=O)Cc2ccccc2F)c(C)n1. The normalized spacial score (nSPS) is 10.4. The summed E-state index contributed by atoms with van der Waals surface area (Å²) in [5.41, 5.74) is 3.73. The first kappa shape index (κ1) is 14.2. The number of hydrogen-bond acceptors (Lipinski definition) is 2. The molecular formula is C16H17FN2O. The lowest BCUT2D eigenvalue weighted by molar-refractivity contribution is -0.115. The molecule has 0 saturated carbocycles.